The van der Waals surface area contributed by atoms with Gasteiger partial charge in [-0.05, 0) is 54.7 Å². The molecule has 2 N–H and O–H groups in total. The molecule has 1 saturated heterocycles. The van der Waals surface area contributed by atoms with Crippen molar-refractivity contribution in [2.75, 3.05) is 13.2 Å². The first-order valence-electron chi connectivity index (χ1n) is 7.23. The van der Waals surface area contributed by atoms with Crippen LogP contribution in [0.3, 0.4) is 0 Å². The molecule has 1 saturated carbocycles. The van der Waals surface area contributed by atoms with Gasteiger partial charge in [-0.1, -0.05) is 18.2 Å². The zero-order chi connectivity index (χ0) is 12.2. The summed E-state index contributed by atoms with van der Waals surface area (Å²) in [7, 11) is 0. The molecule has 3 aliphatic rings. The van der Waals surface area contributed by atoms with E-state index in [1.165, 1.54) is 37.7 Å². The molecule has 0 amide bonds. The Hall–Kier alpha value is -0.860. The van der Waals surface area contributed by atoms with E-state index in [0.717, 1.165) is 19.1 Å². The second-order valence-electron chi connectivity index (χ2n) is 6.41. The highest BCUT2D eigenvalue weighted by Gasteiger charge is 2.51. The van der Waals surface area contributed by atoms with Crippen LogP contribution in [0.25, 0.3) is 0 Å². The summed E-state index contributed by atoms with van der Waals surface area (Å²) in [6.07, 6.45) is 6.23. The Kier molecular flexibility index (Phi) is 2.33. The summed E-state index contributed by atoms with van der Waals surface area (Å²) in [5.41, 5.74) is 10.9. The van der Waals surface area contributed by atoms with E-state index >= 15 is 0 Å². The first-order valence-corrected chi connectivity index (χ1v) is 7.23. The van der Waals surface area contributed by atoms with Crippen molar-refractivity contribution in [3.8, 4) is 0 Å². The molecule has 18 heavy (non-hydrogen) atoms. The molecule has 0 bridgehead atoms. The number of hydrogen-bond acceptors (Lipinski definition) is 2. The molecule has 0 unspecified atom stereocenters. The van der Waals surface area contributed by atoms with Crippen LogP contribution in [0, 0.1) is 5.92 Å². The lowest BCUT2D eigenvalue weighted by atomic mass is 9.59. The second-order valence-corrected chi connectivity index (χ2v) is 6.41. The fraction of sp³-hybridized carbons (Fsp3) is 0.625. The van der Waals surface area contributed by atoms with Crippen molar-refractivity contribution in [2.24, 2.45) is 11.7 Å². The Balaban J connectivity index is 1.68. The summed E-state index contributed by atoms with van der Waals surface area (Å²) in [6.45, 7) is 1.81. The maximum absolute atomic E-state index is 5.97. The number of rotatable bonds is 2. The van der Waals surface area contributed by atoms with Crippen LogP contribution in [0.15, 0.2) is 18.2 Å². The molecule has 2 fully saturated rings. The summed E-state index contributed by atoms with van der Waals surface area (Å²) in [5.74, 6) is 0.751. The van der Waals surface area contributed by atoms with Gasteiger partial charge in [0.1, 0.15) is 0 Å². The van der Waals surface area contributed by atoms with Crippen molar-refractivity contribution in [1.82, 2.24) is 0 Å². The third-order valence-electron chi connectivity index (χ3n) is 5.35. The van der Waals surface area contributed by atoms with Crippen LogP contribution in [-0.4, -0.2) is 19.3 Å². The topological polar surface area (TPSA) is 35.2 Å². The number of fused-ring (bicyclic) bond motifs is 1. The van der Waals surface area contributed by atoms with Crippen molar-refractivity contribution >= 4 is 0 Å². The Morgan fingerprint density at radius 2 is 1.89 bits per heavy atom. The highest BCUT2D eigenvalue weighted by Crippen LogP contribution is 2.48. The van der Waals surface area contributed by atoms with Crippen LogP contribution in [-0.2, 0) is 23.0 Å². The van der Waals surface area contributed by atoms with Crippen molar-refractivity contribution < 1.29 is 4.74 Å². The number of nitrogens with two attached hydrogens (primary N) is 1. The molecular weight excluding hydrogens is 222 g/mol. The average Bonchev–Trinajstić information content (AvgIpc) is 2.72. The van der Waals surface area contributed by atoms with E-state index in [1.807, 2.05) is 0 Å². The van der Waals surface area contributed by atoms with E-state index in [0.29, 0.717) is 11.5 Å². The number of benzene rings is 1. The second kappa shape index (κ2) is 3.82. The number of hydrogen-bond donors (Lipinski definition) is 1. The Labute approximate surface area is 109 Å². The van der Waals surface area contributed by atoms with E-state index in [2.05, 4.69) is 18.2 Å². The van der Waals surface area contributed by atoms with Gasteiger partial charge in [-0.25, -0.2) is 0 Å². The molecule has 2 aliphatic carbocycles. The molecule has 96 valence electrons. The summed E-state index contributed by atoms with van der Waals surface area (Å²) >= 11 is 0. The van der Waals surface area contributed by atoms with Gasteiger partial charge in [0, 0.05) is 11.5 Å². The van der Waals surface area contributed by atoms with Gasteiger partial charge in [0.15, 0.2) is 0 Å². The maximum atomic E-state index is 5.97. The Bertz CT molecular complexity index is 472. The van der Waals surface area contributed by atoms with E-state index in [-0.39, 0.29) is 0 Å². The summed E-state index contributed by atoms with van der Waals surface area (Å²) in [6, 6.07) is 7.61. The first kappa shape index (κ1) is 11.0. The molecule has 2 heteroatoms. The van der Waals surface area contributed by atoms with Crippen LogP contribution in [0.4, 0.5) is 0 Å². The lowest BCUT2D eigenvalue weighted by molar-refractivity contribution is -0.111. The standard InChI is InChI=1S/C16H21NO/c17-15-7-14(8-15)16(9-18-10-16)13-5-4-11-2-1-3-12(11)6-13/h4-6,14-15H,1-3,7-10,17H2. The van der Waals surface area contributed by atoms with Crippen molar-refractivity contribution in [1.29, 1.82) is 0 Å². The smallest absolute Gasteiger partial charge is 0.0588 e. The maximum Gasteiger partial charge on any atom is 0.0588 e. The molecule has 0 radical (unpaired) electrons. The molecular formula is C16H21NO. The zero-order valence-electron chi connectivity index (χ0n) is 10.8. The van der Waals surface area contributed by atoms with Crippen LogP contribution < -0.4 is 5.73 Å². The van der Waals surface area contributed by atoms with Crippen molar-refractivity contribution in [2.45, 2.75) is 43.6 Å². The molecule has 4 rings (SSSR count). The van der Waals surface area contributed by atoms with Gasteiger partial charge in [-0.3, -0.25) is 0 Å². The first-order chi connectivity index (χ1) is 8.78. The molecule has 0 atom stereocenters. The predicted molar refractivity (Wildman–Crippen MR) is 71.7 cm³/mol. The van der Waals surface area contributed by atoms with Gasteiger partial charge >= 0.3 is 0 Å². The highest BCUT2D eigenvalue weighted by molar-refractivity contribution is 5.40. The SMILES string of the molecule is NC1CC(C2(c3ccc4c(c3)CCC4)COC2)C1. The molecule has 1 heterocycles. The normalized spacial score (nSPS) is 32.5. The largest absolute Gasteiger partial charge is 0.379 e. The zero-order valence-corrected chi connectivity index (χ0v) is 10.8. The molecule has 1 aromatic rings. The van der Waals surface area contributed by atoms with E-state index in [4.69, 9.17) is 10.5 Å². The molecule has 0 spiro atoms. The Morgan fingerprint density at radius 3 is 2.56 bits per heavy atom. The summed E-state index contributed by atoms with van der Waals surface area (Å²) in [5, 5.41) is 0. The minimum Gasteiger partial charge on any atom is -0.379 e. The van der Waals surface area contributed by atoms with E-state index in [9.17, 15) is 0 Å². The van der Waals surface area contributed by atoms with Gasteiger partial charge in [-0.15, -0.1) is 0 Å². The van der Waals surface area contributed by atoms with Gasteiger partial charge < -0.3 is 10.5 Å². The van der Waals surface area contributed by atoms with Crippen LogP contribution in [0.2, 0.25) is 0 Å². The van der Waals surface area contributed by atoms with Gasteiger partial charge in [-0.2, -0.15) is 0 Å². The summed E-state index contributed by atoms with van der Waals surface area (Å²) < 4.78 is 5.56. The summed E-state index contributed by atoms with van der Waals surface area (Å²) in [4.78, 5) is 0. The average molecular weight is 243 g/mol. The minimum absolute atomic E-state index is 0.299. The predicted octanol–water partition coefficient (Wildman–Crippen LogP) is 2.18. The van der Waals surface area contributed by atoms with Crippen LogP contribution in [0.5, 0.6) is 0 Å². The van der Waals surface area contributed by atoms with Gasteiger partial charge in [0.2, 0.25) is 0 Å². The number of aryl methyl sites for hydroxylation is 2. The third kappa shape index (κ3) is 1.42. The lowest BCUT2D eigenvalue weighted by Crippen LogP contribution is -2.58. The fourth-order valence-electron chi connectivity index (χ4n) is 3.95. The van der Waals surface area contributed by atoms with Gasteiger partial charge in [0.25, 0.3) is 0 Å². The van der Waals surface area contributed by atoms with E-state index < -0.39 is 0 Å². The quantitative estimate of drug-likeness (QED) is 0.864. The Morgan fingerprint density at radius 1 is 1.11 bits per heavy atom. The van der Waals surface area contributed by atoms with Gasteiger partial charge in [0.05, 0.1) is 13.2 Å². The molecule has 1 aliphatic heterocycles. The lowest BCUT2D eigenvalue weighted by Gasteiger charge is -2.53. The van der Waals surface area contributed by atoms with E-state index in [1.54, 1.807) is 11.1 Å². The third-order valence-corrected chi connectivity index (χ3v) is 5.35. The number of ether oxygens (including phenoxy) is 1. The molecule has 1 aromatic carbocycles. The van der Waals surface area contributed by atoms with Crippen LogP contribution in [0.1, 0.15) is 36.0 Å². The van der Waals surface area contributed by atoms with Crippen molar-refractivity contribution in [3.05, 3.63) is 34.9 Å². The molecule has 2 nitrogen and oxygen atoms in total. The highest BCUT2D eigenvalue weighted by atomic mass is 16.5. The van der Waals surface area contributed by atoms with Crippen LogP contribution >= 0.6 is 0 Å². The molecule has 0 aromatic heterocycles. The fourth-order valence-corrected chi connectivity index (χ4v) is 3.95. The monoisotopic (exact) mass is 243 g/mol. The minimum atomic E-state index is 0.299. The van der Waals surface area contributed by atoms with Crippen molar-refractivity contribution in [3.63, 3.8) is 0 Å².